The molecular weight excluding hydrogens is 458 g/mol. The molecular formula is C25H42ClN3O3S. The van der Waals surface area contributed by atoms with E-state index in [-0.39, 0.29) is 19.0 Å². The molecule has 0 N–H and O–H groups in total. The van der Waals surface area contributed by atoms with Gasteiger partial charge in [-0.1, -0.05) is 76.5 Å². The number of unbranched alkanes of at least 4 members (excludes halogenated alkanes) is 9. The number of hydrogen-bond acceptors (Lipinski definition) is 3. The van der Waals surface area contributed by atoms with E-state index in [1.165, 1.54) is 59.6 Å². The van der Waals surface area contributed by atoms with Gasteiger partial charge in [-0.15, -0.1) is 3.97 Å². The van der Waals surface area contributed by atoms with Gasteiger partial charge in [-0.3, -0.25) is 0 Å². The van der Waals surface area contributed by atoms with Crippen LogP contribution in [0.2, 0.25) is 0 Å². The van der Waals surface area contributed by atoms with Crippen LogP contribution in [0.1, 0.15) is 76.8 Å². The maximum absolute atomic E-state index is 13.2. The molecule has 0 aliphatic carbocycles. The number of hydrogen-bond donors (Lipinski definition) is 0. The molecule has 0 fully saturated rings. The lowest BCUT2D eigenvalue weighted by Gasteiger charge is -2.12. The largest absolute Gasteiger partial charge is 1.00 e. The fourth-order valence-electron chi connectivity index (χ4n) is 4.02. The summed E-state index contributed by atoms with van der Waals surface area (Å²) in [7, 11) is 1.03. The minimum atomic E-state index is -3.69. The summed E-state index contributed by atoms with van der Waals surface area (Å²) >= 11 is 0. The summed E-state index contributed by atoms with van der Waals surface area (Å²) < 4.78 is 36.5. The van der Waals surface area contributed by atoms with Crippen molar-refractivity contribution in [3.63, 3.8) is 0 Å². The quantitative estimate of drug-likeness (QED) is 0.263. The maximum Gasteiger partial charge on any atom is 0.380 e. The van der Waals surface area contributed by atoms with Gasteiger partial charge in [0.2, 0.25) is 0 Å². The zero-order valence-electron chi connectivity index (χ0n) is 20.8. The van der Waals surface area contributed by atoms with Crippen LogP contribution in [-0.2, 0) is 28.1 Å². The Morgan fingerprint density at radius 3 is 1.97 bits per heavy atom. The number of methoxy groups -OCH3 is 1. The third-order valence-electron chi connectivity index (χ3n) is 5.80. The number of halogens is 1. The van der Waals surface area contributed by atoms with Crippen LogP contribution in [0, 0.1) is 0 Å². The molecule has 1 aromatic heterocycles. The predicted molar refractivity (Wildman–Crippen MR) is 131 cm³/mol. The van der Waals surface area contributed by atoms with Gasteiger partial charge in [0.15, 0.2) is 5.69 Å². The van der Waals surface area contributed by atoms with Crippen LogP contribution in [0.25, 0.3) is 11.4 Å². The highest BCUT2D eigenvalue weighted by atomic mass is 35.5. The molecule has 2 rings (SSSR count). The van der Waals surface area contributed by atoms with Crippen molar-refractivity contribution in [3.8, 4) is 11.4 Å². The van der Waals surface area contributed by atoms with Crippen molar-refractivity contribution in [2.75, 3.05) is 21.2 Å². The standard InChI is InChI=1S/C25H42N3O3S.ClH/c1-5-6-7-8-9-10-11-12-13-17-20-27-21-24(22-31-4)28(32(29,30)26(2)3)25(27)23-18-15-14-16-19-23;/h14-16,18-19,21H,5-13,17,20,22H2,1-4H3;1H/q+1;/p-1. The lowest BCUT2D eigenvalue weighted by atomic mass is 10.1. The van der Waals surface area contributed by atoms with E-state index in [2.05, 4.69) is 11.5 Å². The molecule has 0 spiro atoms. The Kier molecular flexibility index (Phi) is 13.9. The second-order valence-electron chi connectivity index (χ2n) is 8.67. The number of rotatable bonds is 16. The van der Waals surface area contributed by atoms with Crippen LogP contribution in [0.5, 0.6) is 0 Å². The van der Waals surface area contributed by atoms with Crippen LogP contribution < -0.4 is 17.0 Å². The Bertz CT molecular complexity index is 899. The summed E-state index contributed by atoms with van der Waals surface area (Å²) in [4.78, 5) is 0. The first kappa shape index (κ1) is 29.6. The second kappa shape index (κ2) is 15.5. The highest BCUT2D eigenvalue weighted by Gasteiger charge is 2.35. The van der Waals surface area contributed by atoms with Crippen LogP contribution >= 0.6 is 0 Å². The number of aryl methyl sites for hydroxylation is 1. The van der Waals surface area contributed by atoms with Gasteiger partial charge in [0.25, 0.3) is 0 Å². The zero-order chi connectivity index (χ0) is 23.4. The molecule has 188 valence electrons. The van der Waals surface area contributed by atoms with Crippen LogP contribution in [-0.4, -0.2) is 37.9 Å². The van der Waals surface area contributed by atoms with E-state index in [4.69, 9.17) is 4.74 Å². The molecule has 8 heteroatoms. The molecule has 0 unspecified atom stereocenters. The first-order chi connectivity index (χ1) is 15.4. The molecule has 1 heterocycles. The Balaban J connectivity index is 0.00000544. The molecule has 1 aromatic carbocycles. The lowest BCUT2D eigenvalue weighted by Crippen LogP contribution is -3.00. The van der Waals surface area contributed by atoms with E-state index in [1.807, 2.05) is 36.5 Å². The number of ether oxygens (including phenoxy) is 1. The van der Waals surface area contributed by atoms with Gasteiger partial charge in [-0.2, -0.15) is 12.7 Å². The SMILES string of the molecule is CCCCCCCCCCCC[n+]1cc(COC)n(S(=O)(=O)N(C)C)c1-c1ccccc1.[Cl-]. The molecule has 2 aromatic rings. The summed E-state index contributed by atoms with van der Waals surface area (Å²) in [5.41, 5.74) is 1.51. The van der Waals surface area contributed by atoms with Crippen LogP contribution in [0.4, 0.5) is 0 Å². The van der Waals surface area contributed by atoms with Gasteiger partial charge in [-0.25, -0.2) is 4.57 Å². The fourth-order valence-corrected chi connectivity index (χ4v) is 5.17. The Hall–Kier alpha value is -1.41. The highest BCUT2D eigenvalue weighted by Crippen LogP contribution is 2.22. The predicted octanol–water partition coefficient (Wildman–Crippen LogP) is 2.17. The van der Waals surface area contributed by atoms with E-state index >= 15 is 0 Å². The van der Waals surface area contributed by atoms with Crippen molar-refractivity contribution in [2.45, 2.75) is 84.3 Å². The zero-order valence-corrected chi connectivity index (χ0v) is 22.4. The molecule has 0 radical (unpaired) electrons. The molecule has 0 saturated carbocycles. The van der Waals surface area contributed by atoms with Crippen molar-refractivity contribution in [1.82, 2.24) is 8.28 Å². The average molecular weight is 500 g/mol. The van der Waals surface area contributed by atoms with Crippen molar-refractivity contribution in [3.05, 3.63) is 42.2 Å². The summed E-state index contributed by atoms with van der Waals surface area (Å²) in [5, 5.41) is 0. The van der Waals surface area contributed by atoms with E-state index < -0.39 is 10.2 Å². The van der Waals surface area contributed by atoms with Crippen LogP contribution in [0.15, 0.2) is 36.5 Å². The molecule has 0 aliphatic heterocycles. The third kappa shape index (κ3) is 8.71. The maximum atomic E-state index is 13.2. The number of nitrogens with zero attached hydrogens (tertiary/aromatic N) is 3. The topological polar surface area (TPSA) is 55.4 Å². The normalized spacial score (nSPS) is 11.7. The van der Waals surface area contributed by atoms with Gasteiger partial charge in [0.05, 0.1) is 12.1 Å². The van der Waals surface area contributed by atoms with Gasteiger partial charge in [0.1, 0.15) is 12.8 Å². The van der Waals surface area contributed by atoms with E-state index in [0.29, 0.717) is 11.5 Å². The number of aromatic nitrogens is 2. The summed E-state index contributed by atoms with van der Waals surface area (Å²) in [6, 6.07) is 9.75. The molecule has 0 atom stereocenters. The molecule has 6 nitrogen and oxygen atoms in total. The summed E-state index contributed by atoms with van der Waals surface area (Å²) in [6.07, 6.45) is 14.7. The van der Waals surface area contributed by atoms with Gasteiger partial charge in [-0.05, 0) is 25.0 Å². The van der Waals surface area contributed by atoms with E-state index in [1.54, 1.807) is 21.2 Å². The molecule has 0 amide bonds. The fraction of sp³-hybridized carbons (Fsp3) is 0.640. The smallest absolute Gasteiger partial charge is 0.380 e. The van der Waals surface area contributed by atoms with Gasteiger partial charge < -0.3 is 17.1 Å². The second-order valence-corrected chi connectivity index (χ2v) is 10.7. The van der Waals surface area contributed by atoms with Crippen molar-refractivity contribution >= 4 is 10.2 Å². The molecule has 33 heavy (non-hydrogen) atoms. The van der Waals surface area contributed by atoms with Crippen molar-refractivity contribution in [1.29, 1.82) is 0 Å². The third-order valence-corrected chi connectivity index (χ3v) is 7.59. The monoisotopic (exact) mass is 499 g/mol. The van der Waals surface area contributed by atoms with Crippen molar-refractivity contribution < 1.29 is 30.1 Å². The minimum absolute atomic E-state index is 0. The number of benzene rings is 1. The van der Waals surface area contributed by atoms with E-state index in [9.17, 15) is 8.42 Å². The van der Waals surface area contributed by atoms with Crippen LogP contribution in [0.3, 0.4) is 0 Å². The molecule has 0 bridgehead atoms. The Labute approximate surface area is 207 Å². The lowest BCUT2D eigenvalue weighted by molar-refractivity contribution is -0.685. The van der Waals surface area contributed by atoms with E-state index in [0.717, 1.165) is 24.9 Å². The average Bonchev–Trinajstić information content (AvgIpc) is 3.14. The minimum Gasteiger partial charge on any atom is -1.00 e. The summed E-state index contributed by atoms with van der Waals surface area (Å²) in [6.45, 7) is 3.27. The molecule has 0 saturated heterocycles. The first-order valence-corrected chi connectivity index (χ1v) is 13.4. The highest BCUT2D eigenvalue weighted by molar-refractivity contribution is 7.87. The Morgan fingerprint density at radius 2 is 1.45 bits per heavy atom. The van der Waals surface area contributed by atoms with Crippen molar-refractivity contribution in [2.24, 2.45) is 0 Å². The Morgan fingerprint density at radius 1 is 0.909 bits per heavy atom. The molecule has 0 aliphatic rings. The van der Waals surface area contributed by atoms with Gasteiger partial charge in [0, 0.05) is 21.2 Å². The van der Waals surface area contributed by atoms with Gasteiger partial charge >= 0.3 is 16.0 Å². The first-order valence-electron chi connectivity index (χ1n) is 12.0. The number of imidazole rings is 1. The summed E-state index contributed by atoms with van der Waals surface area (Å²) in [5.74, 6) is 0.683.